The maximum absolute atomic E-state index is 11.0. The summed E-state index contributed by atoms with van der Waals surface area (Å²) in [6.45, 7) is 0. The van der Waals surface area contributed by atoms with Crippen molar-refractivity contribution in [3.63, 3.8) is 0 Å². The summed E-state index contributed by atoms with van der Waals surface area (Å²) in [5.41, 5.74) is 0.606. The van der Waals surface area contributed by atoms with Crippen molar-refractivity contribution < 1.29 is 4.85 Å². The molecule has 0 amide bonds. The minimum atomic E-state index is 0.606. The van der Waals surface area contributed by atoms with Gasteiger partial charge in [-0.25, -0.2) is 0 Å². The van der Waals surface area contributed by atoms with Gasteiger partial charge in [-0.2, -0.15) is 0 Å². The van der Waals surface area contributed by atoms with Crippen molar-refractivity contribution in [2.45, 2.75) is 0 Å². The van der Waals surface area contributed by atoms with Crippen molar-refractivity contribution in [3.8, 4) is 0 Å². The molecular formula is C8H6N2O. The van der Waals surface area contributed by atoms with Crippen LogP contribution in [0, 0.1) is 5.21 Å². The molecule has 0 bridgehead atoms. The minimum Gasteiger partial charge on any atom is -0.594 e. The zero-order chi connectivity index (χ0) is 7.68. The maximum Gasteiger partial charge on any atom is 0.252 e. The molecule has 3 nitrogen and oxygen atoms in total. The molecule has 0 aliphatic heterocycles. The number of hydrogen-bond donors (Lipinski definition) is 0. The SMILES string of the molecule is [O-][n+]1nccc2ccccc21. The van der Waals surface area contributed by atoms with Crippen LogP contribution in [0.3, 0.4) is 0 Å². The van der Waals surface area contributed by atoms with E-state index in [0.29, 0.717) is 10.4 Å². The van der Waals surface area contributed by atoms with E-state index >= 15 is 0 Å². The first kappa shape index (κ1) is 6.09. The van der Waals surface area contributed by atoms with Crippen LogP contribution in [0.25, 0.3) is 10.9 Å². The first-order valence-corrected chi connectivity index (χ1v) is 3.31. The Morgan fingerprint density at radius 3 is 2.82 bits per heavy atom. The second-order valence-corrected chi connectivity index (χ2v) is 2.26. The normalized spacial score (nSPS) is 10.2. The second-order valence-electron chi connectivity index (χ2n) is 2.26. The van der Waals surface area contributed by atoms with E-state index in [9.17, 15) is 5.21 Å². The van der Waals surface area contributed by atoms with Crippen molar-refractivity contribution in [2.24, 2.45) is 0 Å². The van der Waals surface area contributed by atoms with Gasteiger partial charge in [0.25, 0.3) is 5.52 Å². The van der Waals surface area contributed by atoms with Gasteiger partial charge in [0.1, 0.15) is 0 Å². The highest BCUT2D eigenvalue weighted by molar-refractivity contribution is 5.74. The third-order valence-electron chi connectivity index (χ3n) is 1.57. The average molecular weight is 146 g/mol. The first-order chi connectivity index (χ1) is 5.38. The Morgan fingerprint density at radius 2 is 2.00 bits per heavy atom. The Bertz CT molecular complexity index is 381. The number of nitrogens with zero attached hydrogens (tertiary/aromatic N) is 2. The van der Waals surface area contributed by atoms with E-state index in [1.165, 1.54) is 6.20 Å². The van der Waals surface area contributed by atoms with Crippen molar-refractivity contribution >= 4 is 10.9 Å². The van der Waals surface area contributed by atoms with Crippen molar-refractivity contribution in [1.29, 1.82) is 0 Å². The van der Waals surface area contributed by atoms with E-state index in [2.05, 4.69) is 5.10 Å². The van der Waals surface area contributed by atoms with Crippen LogP contribution >= 0.6 is 0 Å². The number of hydrogen-bond acceptors (Lipinski definition) is 2. The second kappa shape index (κ2) is 2.20. The molecule has 0 spiro atoms. The molecule has 0 aliphatic rings. The Hall–Kier alpha value is -1.64. The molecule has 2 rings (SSSR count). The van der Waals surface area contributed by atoms with E-state index in [-0.39, 0.29) is 0 Å². The molecule has 0 radical (unpaired) electrons. The predicted octanol–water partition coefficient (Wildman–Crippen LogP) is 0.868. The fourth-order valence-corrected chi connectivity index (χ4v) is 1.04. The quantitative estimate of drug-likeness (QED) is 0.408. The molecule has 0 unspecified atom stereocenters. The lowest BCUT2D eigenvalue weighted by Crippen LogP contribution is -2.30. The van der Waals surface area contributed by atoms with Crippen molar-refractivity contribution in [3.05, 3.63) is 41.7 Å². The topological polar surface area (TPSA) is 39.8 Å². The predicted molar refractivity (Wildman–Crippen MR) is 40.7 cm³/mol. The molecule has 1 heterocycles. The molecule has 0 aliphatic carbocycles. The average Bonchev–Trinajstić information content (AvgIpc) is 2.06. The van der Waals surface area contributed by atoms with Crippen LogP contribution in [0.5, 0.6) is 0 Å². The maximum atomic E-state index is 11.0. The van der Waals surface area contributed by atoms with Gasteiger partial charge in [-0.3, -0.25) is 0 Å². The van der Waals surface area contributed by atoms with E-state index in [0.717, 1.165) is 5.39 Å². The van der Waals surface area contributed by atoms with Crippen LogP contribution < -0.4 is 4.85 Å². The number of rotatable bonds is 0. The molecule has 0 N–H and O–H groups in total. The lowest BCUT2D eigenvalue weighted by molar-refractivity contribution is -0.642. The Labute approximate surface area is 63.5 Å². The van der Waals surface area contributed by atoms with E-state index in [1.807, 2.05) is 24.3 Å². The summed E-state index contributed by atoms with van der Waals surface area (Å²) in [4.78, 5) is 0.620. The standard InChI is InChI=1S/C8H6N2O/c11-10-8-4-2-1-3-7(8)5-6-9-10/h1-6H. The van der Waals surface area contributed by atoms with Gasteiger partial charge in [-0.1, -0.05) is 17.0 Å². The van der Waals surface area contributed by atoms with Gasteiger partial charge in [0.05, 0.1) is 11.6 Å². The van der Waals surface area contributed by atoms with E-state index in [1.54, 1.807) is 6.07 Å². The van der Waals surface area contributed by atoms with Gasteiger partial charge >= 0.3 is 0 Å². The minimum absolute atomic E-state index is 0.606. The first-order valence-electron chi connectivity index (χ1n) is 3.31. The van der Waals surface area contributed by atoms with Crippen LogP contribution in [0.15, 0.2) is 36.5 Å². The Morgan fingerprint density at radius 1 is 1.18 bits per heavy atom. The fraction of sp³-hybridized carbons (Fsp3) is 0. The van der Waals surface area contributed by atoms with Crippen LogP contribution in [0.2, 0.25) is 0 Å². The molecule has 0 saturated carbocycles. The number of aromatic nitrogens is 2. The highest BCUT2D eigenvalue weighted by Crippen LogP contribution is 2.05. The van der Waals surface area contributed by atoms with Gasteiger partial charge in [0.15, 0.2) is 0 Å². The van der Waals surface area contributed by atoms with Crippen LogP contribution in [0.1, 0.15) is 0 Å². The number of para-hydroxylation sites is 1. The largest absolute Gasteiger partial charge is 0.594 e. The summed E-state index contributed by atoms with van der Waals surface area (Å²) in [6.07, 6.45) is 1.50. The molecule has 3 heteroatoms. The van der Waals surface area contributed by atoms with Gasteiger partial charge in [-0.05, 0) is 12.1 Å². The summed E-state index contributed by atoms with van der Waals surface area (Å²) in [5.74, 6) is 0. The molecule has 0 atom stereocenters. The van der Waals surface area contributed by atoms with Crippen LogP contribution in [0.4, 0.5) is 0 Å². The van der Waals surface area contributed by atoms with E-state index < -0.39 is 0 Å². The van der Waals surface area contributed by atoms with Gasteiger partial charge in [0.2, 0.25) is 0 Å². The fourth-order valence-electron chi connectivity index (χ4n) is 1.04. The molecule has 1 aromatic heterocycles. The highest BCUT2D eigenvalue weighted by atomic mass is 16.5. The molecule has 1 aromatic carbocycles. The summed E-state index contributed by atoms with van der Waals surface area (Å²) >= 11 is 0. The Balaban J connectivity index is 2.91. The van der Waals surface area contributed by atoms with Gasteiger partial charge in [-0.15, -0.1) is 0 Å². The zero-order valence-corrected chi connectivity index (χ0v) is 5.77. The number of fused-ring (bicyclic) bond motifs is 1. The summed E-state index contributed by atoms with van der Waals surface area (Å²) in [7, 11) is 0. The van der Waals surface area contributed by atoms with Crippen molar-refractivity contribution in [1.82, 2.24) is 5.10 Å². The van der Waals surface area contributed by atoms with Gasteiger partial charge in [0, 0.05) is 11.2 Å². The monoisotopic (exact) mass is 146 g/mol. The molecule has 11 heavy (non-hydrogen) atoms. The molecule has 0 fully saturated rings. The molecule has 54 valence electrons. The molecular weight excluding hydrogens is 140 g/mol. The zero-order valence-electron chi connectivity index (χ0n) is 5.77. The smallest absolute Gasteiger partial charge is 0.252 e. The van der Waals surface area contributed by atoms with Crippen LogP contribution in [-0.2, 0) is 0 Å². The lowest BCUT2D eigenvalue weighted by Gasteiger charge is -1.95. The summed E-state index contributed by atoms with van der Waals surface area (Å²) < 4.78 is 0. The lowest BCUT2D eigenvalue weighted by atomic mass is 10.2. The highest BCUT2D eigenvalue weighted by Gasteiger charge is 1.99. The van der Waals surface area contributed by atoms with E-state index in [4.69, 9.17) is 0 Å². The van der Waals surface area contributed by atoms with Crippen LogP contribution in [-0.4, -0.2) is 5.10 Å². The van der Waals surface area contributed by atoms with Crippen molar-refractivity contribution in [2.75, 3.05) is 0 Å². The third kappa shape index (κ3) is 0.902. The summed E-state index contributed by atoms with van der Waals surface area (Å²) in [6, 6.07) is 9.14. The molecule has 2 aromatic rings. The third-order valence-corrected chi connectivity index (χ3v) is 1.57. The summed E-state index contributed by atoms with van der Waals surface area (Å²) in [5, 5.41) is 15.5. The number of benzene rings is 1. The molecule has 0 saturated heterocycles. The van der Waals surface area contributed by atoms with Gasteiger partial charge < -0.3 is 5.21 Å². The Kier molecular flexibility index (Phi) is 1.22.